The molecule has 0 fully saturated rings. The summed E-state index contributed by atoms with van der Waals surface area (Å²) in [6.07, 6.45) is 5.77. The third kappa shape index (κ3) is 3.19. The van der Waals surface area contributed by atoms with Crippen molar-refractivity contribution in [3.05, 3.63) is 60.7 Å². The normalized spacial score (nSPS) is 12.9. The Kier molecular flexibility index (Phi) is 4.73. The van der Waals surface area contributed by atoms with Gasteiger partial charge in [-0.3, -0.25) is 0 Å². The van der Waals surface area contributed by atoms with Crippen molar-refractivity contribution in [1.29, 1.82) is 0 Å². The first-order valence-electron chi connectivity index (χ1n) is 4.78. The lowest BCUT2D eigenvalue weighted by Gasteiger charge is -2.12. The first kappa shape index (κ1) is 10.7. The Balaban J connectivity index is 2.58. The fraction of sp³-hybridized carbons (Fsp3) is 0.231. The SMILES string of the molecule is C=CC(OC/C=C/C)c1ccccc1. The zero-order valence-corrected chi connectivity index (χ0v) is 8.52. The Labute approximate surface area is 85.7 Å². The minimum absolute atomic E-state index is 0.00704. The van der Waals surface area contributed by atoms with Crippen molar-refractivity contribution in [3.8, 4) is 0 Å². The second-order valence-electron chi connectivity index (χ2n) is 2.97. The average Bonchev–Trinajstić information content (AvgIpc) is 2.26. The van der Waals surface area contributed by atoms with Crippen LogP contribution in [0, 0.1) is 0 Å². The zero-order valence-electron chi connectivity index (χ0n) is 8.52. The number of hydrogen-bond acceptors (Lipinski definition) is 1. The average molecular weight is 188 g/mol. The highest BCUT2D eigenvalue weighted by molar-refractivity contribution is 5.20. The second-order valence-corrected chi connectivity index (χ2v) is 2.97. The van der Waals surface area contributed by atoms with Gasteiger partial charge in [0.2, 0.25) is 0 Å². The van der Waals surface area contributed by atoms with Crippen LogP contribution in [0.1, 0.15) is 18.6 Å². The van der Waals surface area contributed by atoms with E-state index in [1.54, 1.807) is 0 Å². The third-order valence-corrected chi connectivity index (χ3v) is 1.95. The van der Waals surface area contributed by atoms with Crippen molar-refractivity contribution < 1.29 is 4.74 Å². The molecule has 0 radical (unpaired) electrons. The van der Waals surface area contributed by atoms with Gasteiger partial charge in [0.15, 0.2) is 0 Å². The molecule has 1 nitrogen and oxygen atoms in total. The van der Waals surface area contributed by atoms with E-state index in [4.69, 9.17) is 4.74 Å². The van der Waals surface area contributed by atoms with Crippen LogP contribution in [0.25, 0.3) is 0 Å². The lowest BCUT2D eigenvalue weighted by molar-refractivity contribution is 0.110. The Morgan fingerprint density at radius 2 is 2.07 bits per heavy atom. The molecular formula is C13H16O. The van der Waals surface area contributed by atoms with Crippen LogP contribution >= 0.6 is 0 Å². The van der Waals surface area contributed by atoms with Gasteiger partial charge in [-0.15, -0.1) is 6.58 Å². The minimum Gasteiger partial charge on any atom is -0.365 e. The van der Waals surface area contributed by atoms with Gasteiger partial charge in [-0.25, -0.2) is 0 Å². The van der Waals surface area contributed by atoms with E-state index < -0.39 is 0 Å². The lowest BCUT2D eigenvalue weighted by atomic mass is 10.1. The van der Waals surface area contributed by atoms with Gasteiger partial charge in [-0.2, -0.15) is 0 Å². The van der Waals surface area contributed by atoms with Crippen LogP contribution < -0.4 is 0 Å². The van der Waals surface area contributed by atoms with Crippen molar-refractivity contribution in [1.82, 2.24) is 0 Å². The van der Waals surface area contributed by atoms with Crippen molar-refractivity contribution in [3.63, 3.8) is 0 Å². The first-order valence-corrected chi connectivity index (χ1v) is 4.78. The third-order valence-electron chi connectivity index (χ3n) is 1.95. The summed E-state index contributed by atoms with van der Waals surface area (Å²) in [7, 11) is 0. The van der Waals surface area contributed by atoms with Crippen LogP contribution in [-0.2, 0) is 4.74 Å². The molecule has 1 unspecified atom stereocenters. The lowest BCUT2D eigenvalue weighted by Crippen LogP contribution is -2.00. The maximum Gasteiger partial charge on any atom is 0.101 e. The summed E-state index contributed by atoms with van der Waals surface area (Å²) in [6, 6.07) is 10.1. The molecule has 0 N–H and O–H groups in total. The Hall–Kier alpha value is -1.34. The quantitative estimate of drug-likeness (QED) is 0.642. The summed E-state index contributed by atoms with van der Waals surface area (Å²) < 4.78 is 5.61. The molecule has 0 amide bonds. The molecule has 1 rings (SSSR count). The highest BCUT2D eigenvalue weighted by Crippen LogP contribution is 2.17. The van der Waals surface area contributed by atoms with E-state index in [1.807, 2.05) is 55.5 Å². The second kappa shape index (κ2) is 6.17. The van der Waals surface area contributed by atoms with Crippen LogP contribution in [0.4, 0.5) is 0 Å². The molecule has 1 aromatic carbocycles. The molecular weight excluding hydrogens is 172 g/mol. The molecule has 0 aliphatic heterocycles. The monoisotopic (exact) mass is 188 g/mol. The summed E-state index contributed by atoms with van der Waals surface area (Å²) in [6.45, 7) is 6.38. The molecule has 0 bridgehead atoms. The van der Waals surface area contributed by atoms with Crippen LogP contribution in [-0.4, -0.2) is 6.61 Å². The maximum atomic E-state index is 5.61. The molecule has 1 atom stereocenters. The van der Waals surface area contributed by atoms with Crippen LogP contribution in [0.15, 0.2) is 55.1 Å². The molecule has 0 aromatic heterocycles. The minimum atomic E-state index is -0.00704. The molecule has 0 heterocycles. The summed E-state index contributed by atoms with van der Waals surface area (Å²) in [5, 5.41) is 0. The number of benzene rings is 1. The Bertz CT molecular complexity index is 287. The Morgan fingerprint density at radius 3 is 2.64 bits per heavy atom. The van der Waals surface area contributed by atoms with Gasteiger partial charge in [0.1, 0.15) is 6.10 Å². The van der Waals surface area contributed by atoms with Crippen LogP contribution in [0.3, 0.4) is 0 Å². The van der Waals surface area contributed by atoms with E-state index in [0.29, 0.717) is 6.61 Å². The van der Waals surface area contributed by atoms with E-state index in [2.05, 4.69) is 6.58 Å². The molecule has 0 aliphatic rings. The fourth-order valence-electron chi connectivity index (χ4n) is 1.20. The number of allylic oxidation sites excluding steroid dienone is 1. The van der Waals surface area contributed by atoms with E-state index >= 15 is 0 Å². The van der Waals surface area contributed by atoms with E-state index in [1.165, 1.54) is 0 Å². The molecule has 1 aromatic rings. The first-order chi connectivity index (χ1) is 6.88. The largest absolute Gasteiger partial charge is 0.365 e. The molecule has 74 valence electrons. The molecule has 1 heteroatoms. The molecule has 0 saturated carbocycles. The van der Waals surface area contributed by atoms with Gasteiger partial charge >= 0.3 is 0 Å². The van der Waals surface area contributed by atoms with Crippen molar-refractivity contribution >= 4 is 0 Å². The predicted molar refractivity (Wildman–Crippen MR) is 60.1 cm³/mol. The number of rotatable bonds is 5. The fourth-order valence-corrected chi connectivity index (χ4v) is 1.20. The molecule has 14 heavy (non-hydrogen) atoms. The molecule has 0 spiro atoms. The van der Waals surface area contributed by atoms with Crippen molar-refractivity contribution in [2.24, 2.45) is 0 Å². The predicted octanol–water partition coefficient (Wildman–Crippen LogP) is 3.51. The van der Waals surface area contributed by atoms with Gasteiger partial charge in [-0.1, -0.05) is 48.6 Å². The van der Waals surface area contributed by atoms with Gasteiger partial charge in [0, 0.05) is 0 Å². The van der Waals surface area contributed by atoms with Crippen molar-refractivity contribution in [2.45, 2.75) is 13.0 Å². The van der Waals surface area contributed by atoms with Gasteiger partial charge in [0.25, 0.3) is 0 Å². The number of ether oxygens (including phenoxy) is 1. The summed E-state index contributed by atoms with van der Waals surface area (Å²) in [4.78, 5) is 0. The van der Waals surface area contributed by atoms with Gasteiger partial charge in [-0.05, 0) is 12.5 Å². The smallest absolute Gasteiger partial charge is 0.101 e. The standard InChI is InChI=1S/C13H16O/c1-3-5-11-14-13(4-2)12-9-7-6-8-10-12/h3-10,13H,2,11H2,1H3/b5-3+. The van der Waals surface area contributed by atoms with E-state index in [9.17, 15) is 0 Å². The number of hydrogen-bond donors (Lipinski definition) is 0. The highest BCUT2D eigenvalue weighted by Gasteiger charge is 2.04. The van der Waals surface area contributed by atoms with Crippen LogP contribution in [0.5, 0.6) is 0 Å². The summed E-state index contributed by atoms with van der Waals surface area (Å²) in [5.41, 5.74) is 1.15. The maximum absolute atomic E-state index is 5.61. The van der Waals surface area contributed by atoms with Crippen LogP contribution in [0.2, 0.25) is 0 Å². The molecule has 0 aliphatic carbocycles. The Morgan fingerprint density at radius 1 is 1.36 bits per heavy atom. The highest BCUT2D eigenvalue weighted by atomic mass is 16.5. The van der Waals surface area contributed by atoms with E-state index in [-0.39, 0.29) is 6.10 Å². The van der Waals surface area contributed by atoms with Gasteiger partial charge < -0.3 is 4.74 Å². The zero-order chi connectivity index (χ0) is 10.2. The molecule has 0 saturated heterocycles. The summed E-state index contributed by atoms with van der Waals surface area (Å²) in [5.74, 6) is 0. The van der Waals surface area contributed by atoms with Gasteiger partial charge in [0.05, 0.1) is 6.61 Å². The summed E-state index contributed by atoms with van der Waals surface area (Å²) >= 11 is 0. The van der Waals surface area contributed by atoms with Crippen molar-refractivity contribution in [2.75, 3.05) is 6.61 Å². The van der Waals surface area contributed by atoms with E-state index in [0.717, 1.165) is 5.56 Å². The topological polar surface area (TPSA) is 9.23 Å².